The Hall–Kier alpha value is -3.63. The summed E-state index contributed by atoms with van der Waals surface area (Å²) in [5, 5.41) is 6.40. The minimum atomic E-state index is -4.49. The van der Waals surface area contributed by atoms with Gasteiger partial charge in [-0.25, -0.2) is 15.0 Å². The zero-order chi connectivity index (χ0) is 22.3. The molecule has 1 aliphatic carbocycles. The van der Waals surface area contributed by atoms with Crippen molar-refractivity contribution >= 4 is 28.5 Å². The van der Waals surface area contributed by atoms with Crippen LogP contribution in [-0.4, -0.2) is 42.3 Å². The number of hydrogen-bond donors (Lipinski definition) is 3. The van der Waals surface area contributed by atoms with Crippen LogP contribution in [0.25, 0.3) is 16.8 Å². The Morgan fingerprint density at radius 1 is 1.09 bits per heavy atom. The van der Waals surface area contributed by atoms with E-state index in [2.05, 4.69) is 30.6 Å². The van der Waals surface area contributed by atoms with E-state index in [0.717, 1.165) is 31.9 Å². The van der Waals surface area contributed by atoms with Crippen molar-refractivity contribution in [2.24, 2.45) is 0 Å². The van der Waals surface area contributed by atoms with Gasteiger partial charge in [-0.1, -0.05) is 6.07 Å². The van der Waals surface area contributed by atoms with Crippen LogP contribution < -0.4 is 10.6 Å². The topological polar surface area (TPSA) is 100 Å². The van der Waals surface area contributed by atoms with Gasteiger partial charge in [0.05, 0.1) is 17.4 Å². The molecule has 8 nitrogen and oxygen atoms in total. The number of amides is 1. The van der Waals surface area contributed by atoms with Crippen molar-refractivity contribution in [2.75, 3.05) is 5.32 Å². The number of H-pyrrole nitrogens is 1. The molecule has 1 fully saturated rings. The summed E-state index contributed by atoms with van der Waals surface area (Å²) < 4.78 is 40.5. The summed E-state index contributed by atoms with van der Waals surface area (Å²) in [6.45, 7) is 0. The summed E-state index contributed by atoms with van der Waals surface area (Å²) in [4.78, 5) is 27.5. The summed E-state index contributed by atoms with van der Waals surface area (Å²) >= 11 is 0. The molecule has 11 heteroatoms. The minimum absolute atomic E-state index is 0.0209. The number of aromatic nitrogens is 5. The largest absolute Gasteiger partial charge is 0.434 e. The molecule has 0 unspecified atom stereocenters. The van der Waals surface area contributed by atoms with Crippen LogP contribution in [0.15, 0.2) is 43.0 Å². The highest BCUT2D eigenvalue weighted by molar-refractivity contribution is 6.03. The second kappa shape index (κ2) is 7.81. The first kappa shape index (κ1) is 20.3. The quantitative estimate of drug-likeness (QED) is 0.446. The molecule has 4 heterocycles. The van der Waals surface area contributed by atoms with Crippen LogP contribution in [0.2, 0.25) is 0 Å². The minimum Gasteiger partial charge on any atom is -0.368 e. The van der Waals surface area contributed by atoms with E-state index in [1.165, 1.54) is 10.7 Å². The van der Waals surface area contributed by atoms with Crippen LogP contribution in [-0.2, 0) is 6.18 Å². The highest BCUT2D eigenvalue weighted by atomic mass is 19.4. The predicted molar refractivity (Wildman–Crippen MR) is 111 cm³/mol. The molecule has 1 amide bonds. The molecular formula is C21H20F3N7O. The molecule has 1 aliphatic rings. The van der Waals surface area contributed by atoms with Crippen LogP contribution in [0.4, 0.5) is 19.0 Å². The van der Waals surface area contributed by atoms with Crippen LogP contribution in [0, 0.1) is 0 Å². The van der Waals surface area contributed by atoms with Gasteiger partial charge in [0.2, 0.25) is 0 Å². The molecule has 0 spiro atoms. The Balaban J connectivity index is 1.22. The van der Waals surface area contributed by atoms with Gasteiger partial charge in [0.1, 0.15) is 11.5 Å². The van der Waals surface area contributed by atoms with Crippen molar-refractivity contribution in [3.8, 4) is 0 Å². The van der Waals surface area contributed by atoms with E-state index in [0.29, 0.717) is 22.5 Å². The first-order valence-corrected chi connectivity index (χ1v) is 10.3. The summed E-state index contributed by atoms with van der Waals surface area (Å²) in [5.41, 5.74) is 0.923. The Morgan fingerprint density at radius 3 is 2.66 bits per heavy atom. The fourth-order valence-electron chi connectivity index (χ4n) is 4.16. The van der Waals surface area contributed by atoms with Crippen molar-refractivity contribution < 1.29 is 18.0 Å². The number of pyridine rings is 2. The maximum atomic E-state index is 13.0. The Bertz CT molecular complexity index is 1270. The highest BCUT2D eigenvalue weighted by Gasteiger charge is 2.34. The normalized spacial score (nSPS) is 19.3. The summed E-state index contributed by atoms with van der Waals surface area (Å²) in [6.07, 6.45) is 2.65. The molecule has 4 aromatic heterocycles. The number of nitrogens with one attached hydrogen (secondary N) is 3. The summed E-state index contributed by atoms with van der Waals surface area (Å²) in [7, 11) is 0. The van der Waals surface area contributed by atoms with Gasteiger partial charge in [-0.05, 0) is 43.9 Å². The maximum Gasteiger partial charge on any atom is 0.434 e. The fraction of sp³-hybridized carbons (Fsp3) is 0.333. The van der Waals surface area contributed by atoms with E-state index >= 15 is 0 Å². The van der Waals surface area contributed by atoms with Gasteiger partial charge in [0.15, 0.2) is 11.3 Å². The number of imidazole rings is 2. The van der Waals surface area contributed by atoms with Gasteiger partial charge in [-0.3, -0.25) is 9.20 Å². The standard InChI is InChI=1S/C21H20F3N7O/c22-21(23,24)15-10-31-16(2-1-3-17(31)30-15)28-12-4-6-13(7-5-12)29-20(32)14-8-9-25-19-18(14)26-11-27-19/h1-3,8-13,28H,4-7H2,(H,29,32)(H,25,26,27)/t12-,13+. The molecule has 5 rings (SSSR count). The molecule has 0 bridgehead atoms. The lowest BCUT2D eigenvalue weighted by atomic mass is 9.91. The predicted octanol–water partition coefficient (Wildman–Crippen LogP) is 3.78. The molecule has 166 valence electrons. The first-order chi connectivity index (χ1) is 15.4. The number of alkyl halides is 3. The average molecular weight is 443 g/mol. The molecule has 1 saturated carbocycles. The van der Waals surface area contributed by atoms with Crippen LogP contribution in [0.3, 0.4) is 0 Å². The summed E-state index contributed by atoms with van der Waals surface area (Å²) in [5.74, 6) is 0.386. The van der Waals surface area contributed by atoms with Gasteiger partial charge in [-0.15, -0.1) is 0 Å². The number of fused-ring (bicyclic) bond motifs is 2. The second-order valence-corrected chi connectivity index (χ2v) is 7.89. The van der Waals surface area contributed by atoms with E-state index in [1.807, 2.05) is 0 Å². The number of nitrogens with zero attached hydrogens (tertiary/aromatic N) is 4. The first-order valence-electron chi connectivity index (χ1n) is 10.3. The van der Waals surface area contributed by atoms with Crippen molar-refractivity contribution in [3.63, 3.8) is 0 Å². The van der Waals surface area contributed by atoms with Crippen molar-refractivity contribution in [2.45, 2.75) is 43.9 Å². The van der Waals surface area contributed by atoms with Crippen molar-refractivity contribution in [1.82, 2.24) is 29.7 Å². The van der Waals surface area contributed by atoms with Crippen LogP contribution in [0.5, 0.6) is 0 Å². The van der Waals surface area contributed by atoms with Gasteiger partial charge in [0, 0.05) is 24.5 Å². The lowest BCUT2D eigenvalue weighted by molar-refractivity contribution is -0.140. The number of anilines is 1. The molecule has 0 aromatic carbocycles. The number of rotatable bonds is 4. The van der Waals surface area contributed by atoms with Gasteiger partial charge < -0.3 is 15.6 Å². The SMILES string of the molecule is O=C(N[C@H]1CC[C@@H](Nc2cccc3nc(C(F)(F)F)cn23)CC1)c1ccnc2nc[nH]c12. The highest BCUT2D eigenvalue weighted by Crippen LogP contribution is 2.30. The third kappa shape index (κ3) is 3.85. The number of aromatic amines is 1. The number of carbonyl (C=O) groups is 1. The zero-order valence-corrected chi connectivity index (χ0v) is 16.9. The molecule has 32 heavy (non-hydrogen) atoms. The molecule has 4 aromatic rings. The smallest absolute Gasteiger partial charge is 0.368 e. The number of carbonyl (C=O) groups excluding carboxylic acids is 1. The maximum absolute atomic E-state index is 13.0. The lowest BCUT2D eigenvalue weighted by Gasteiger charge is -2.30. The molecule has 0 saturated heterocycles. The lowest BCUT2D eigenvalue weighted by Crippen LogP contribution is -2.40. The van der Waals surface area contributed by atoms with E-state index in [1.54, 1.807) is 30.5 Å². The molecule has 0 radical (unpaired) electrons. The Labute approximate surface area is 180 Å². The fourth-order valence-corrected chi connectivity index (χ4v) is 4.16. The Morgan fingerprint density at radius 2 is 1.88 bits per heavy atom. The summed E-state index contributed by atoms with van der Waals surface area (Å²) in [6, 6.07) is 6.73. The van der Waals surface area contributed by atoms with Gasteiger partial charge in [-0.2, -0.15) is 13.2 Å². The second-order valence-electron chi connectivity index (χ2n) is 7.89. The van der Waals surface area contributed by atoms with E-state index in [9.17, 15) is 18.0 Å². The van der Waals surface area contributed by atoms with Crippen molar-refractivity contribution in [3.05, 3.63) is 54.2 Å². The third-order valence-corrected chi connectivity index (χ3v) is 5.77. The molecule has 3 N–H and O–H groups in total. The number of halogens is 3. The van der Waals surface area contributed by atoms with E-state index < -0.39 is 11.9 Å². The van der Waals surface area contributed by atoms with Crippen molar-refractivity contribution in [1.29, 1.82) is 0 Å². The third-order valence-electron chi connectivity index (χ3n) is 5.77. The zero-order valence-electron chi connectivity index (χ0n) is 16.9. The van der Waals surface area contributed by atoms with Gasteiger partial charge in [0.25, 0.3) is 5.91 Å². The Kier molecular flexibility index (Phi) is 4.95. The molecule has 0 aliphatic heterocycles. The monoisotopic (exact) mass is 443 g/mol. The molecule has 0 atom stereocenters. The van der Waals surface area contributed by atoms with E-state index in [-0.39, 0.29) is 23.6 Å². The number of hydrogen-bond acceptors (Lipinski definition) is 5. The van der Waals surface area contributed by atoms with Crippen LogP contribution in [0.1, 0.15) is 41.7 Å². The van der Waals surface area contributed by atoms with Gasteiger partial charge >= 0.3 is 6.18 Å². The average Bonchev–Trinajstić information content (AvgIpc) is 3.42. The van der Waals surface area contributed by atoms with Crippen LogP contribution >= 0.6 is 0 Å². The van der Waals surface area contributed by atoms with E-state index in [4.69, 9.17) is 0 Å². The molecular weight excluding hydrogens is 423 g/mol.